The Kier molecular flexibility index (Phi) is 10.8. The van der Waals surface area contributed by atoms with Gasteiger partial charge in [-0.3, -0.25) is 19.2 Å². The van der Waals surface area contributed by atoms with Gasteiger partial charge in [0.05, 0.1) is 12.6 Å². The van der Waals surface area contributed by atoms with Crippen LogP contribution in [0.25, 0.3) is 0 Å². The molecule has 198 valence electrons. The van der Waals surface area contributed by atoms with Crippen LogP contribution in [0.4, 0.5) is 0 Å². The number of ketones is 1. The molecule has 0 bridgehead atoms. The molecule has 1 saturated heterocycles. The van der Waals surface area contributed by atoms with E-state index < -0.39 is 35.8 Å². The van der Waals surface area contributed by atoms with Crippen LogP contribution >= 0.6 is 0 Å². The van der Waals surface area contributed by atoms with Gasteiger partial charge in [-0.1, -0.05) is 32.0 Å². The quantitative estimate of drug-likeness (QED) is 0.269. The zero-order chi connectivity index (χ0) is 26.8. The third-order valence-electron chi connectivity index (χ3n) is 5.90. The van der Waals surface area contributed by atoms with Gasteiger partial charge in [0.1, 0.15) is 5.76 Å². The number of Topliss-reactive ketones (excluding diaryl/α,β-unsaturated/α-hetero) is 1. The van der Waals surface area contributed by atoms with E-state index in [1.165, 1.54) is 18.2 Å². The van der Waals surface area contributed by atoms with Crippen LogP contribution in [0.2, 0.25) is 0 Å². The van der Waals surface area contributed by atoms with Crippen molar-refractivity contribution in [2.75, 3.05) is 13.2 Å². The monoisotopic (exact) mass is 504 g/mol. The van der Waals surface area contributed by atoms with Crippen LogP contribution in [0, 0.1) is 24.7 Å². The van der Waals surface area contributed by atoms with Gasteiger partial charge >= 0.3 is 5.97 Å². The van der Waals surface area contributed by atoms with Crippen molar-refractivity contribution in [3.05, 3.63) is 29.7 Å². The van der Waals surface area contributed by atoms with E-state index in [4.69, 9.17) is 9.26 Å². The van der Waals surface area contributed by atoms with Crippen molar-refractivity contribution in [2.45, 2.75) is 66.0 Å². The number of carbonyl (C=O) groups is 5. The standard InChI is InChI=1S/C25H36N4O7/c1-6-35-21(31)8-7-18(13-17-9-10-26-24(17)33)27-23(32)15(4)11-20(30)22(14(2)3)28-25(34)19-12-16(5)36-29-19/h7-8,12,14-15,17-18,22H,6,9-11,13H2,1-5H3,(H,26,33)(H,27,32)(H,28,34)/b8-7+/t15-,17+,18-,22+/m1/s1. The second-order valence-electron chi connectivity index (χ2n) is 9.33. The Morgan fingerprint density at radius 3 is 2.53 bits per heavy atom. The summed E-state index contributed by atoms with van der Waals surface area (Å²) in [6.45, 7) is 9.33. The molecule has 2 heterocycles. The third kappa shape index (κ3) is 8.62. The summed E-state index contributed by atoms with van der Waals surface area (Å²) in [6, 6.07) is 0.0673. The Bertz CT molecular complexity index is 985. The van der Waals surface area contributed by atoms with Crippen molar-refractivity contribution in [3.8, 4) is 0 Å². The maximum Gasteiger partial charge on any atom is 0.330 e. The highest BCUT2D eigenvalue weighted by atomic mass is 16.5. The number of hydrogen-bond donors (Lipinski definition) is 3. The van der Waals surface area contributed by atoms with Gasteiger partial charge in [0.25, 0.3) is 5.91 Å². The van der Waals surface area contributed by atoms with Crippen LogP contribution < -0.4 is 16.0 Å². The molecule has 0 spiro atoms. The molecular formula is C25H36N4O7. The molecule has 1 aliphatic rings. The van der Waals surface area contributed by atoms with E-state index in [9.17, 15) is 24.0 Å². The fourth-order valence-electron chi connectivity index (χ4n) is 3.90. The van der Waals surface area contributed by atoms with Gasteiger partial charge in [0.2, 0.25) is 11.8 Å². The van der Waals surface area contributed by atoms with E-state index in [-0.39, 0.29) is 42.2 Å². The fourth-order valence-corrected chi connectivity index (χ4v) is 3.90. The molecule has 0 saturated carbocycles. The highest BCUT2D eigenvalue weighted by Crippen LogP contribution is 2.18. The van der Waals surface area contributed by atoms with Crippen LogP contribution in [0.3, 0.4) is 0 Å². The topological polar surface area (TPSA) is 157 Å². The Hall–Kier alpha value is -3.50. The molecule has 0 aliphatic carbocycles. The molecule has 3 N–H and O–H groups in total. The van der Waals surface area contributed by atoms with Gasteiger partial charge in [0.15, 0.2) is 11.5 Å². The molecule has 0 aromatic carbocycles. The third-order valence-corrected chi connectivity index (χ3v) is 5.90. The highest BCUT2D eigenvalue weighted by molar-refractivity contribution is 5.97. The summed E-state index contributed by atoms with van der Waals surface area (Å²) in [5, 5.41) is 11.9. The molecule has 1 aliphatic heterocycles. The summed E-state index contributed by atoms with van der Waals surface area (Å²) in [4.78, 5) is 62.2. The van der Waals surface area contributed by atoms with Gasteiger partial charge in [-0.05, 0) is 32.6 Å². The largest absolute Gasteiger partial charge is 0.463 e. The van der Waals surface area contributed by atoms with E-state index in [0.717, 1.165) is 0 Å². The number of amides is 3. The molecule has 0 unspecified atom stereocenters. The number of esters is 1. The molecule has 3 amide bonds. The predicted molar refractivity (Wildman–Crippen MR) is 130 cm³/mol. The Labute approximate surface area is 210 Å². The molecule has 11 nitrogen and oxygen atoms in total. The maximum absolute atomic E-state index is 13.0. The Balaban J connectivity index is 2.02. The Morgan fingerprint density at radius 2 is 1.97 bits per heavy atom. The Morgan fingerprint density at radius 1 is 1.25 bits per heavy atom. The molecule has 1 fully saturated rings. The summed E-state index contributed by atoms with van der Waals surface area (Å²) in [5.74, 6) is -2.62. The van der Waals surface area contributed by atoms with Gasteiger partial charge in [-0.15, -0.1) is 0 Å². The van der Waals surface area contributed by atoms with Crippen molar-refractivity contribution in [1.82, 2.24) is 21.1 Å². The predicted octanol–water partition coefficient (Wildman–Crippen LogP) is 1.46. The molecule has 11 heteroatoms. The summed E-state index contributed by atoms with van der Waals surface area (Å²) in [5.41, 5.74) is 0.0731. The fraction of sp³-hybridized carbons (Fsp3) is 0.600. The number of nitrogens with one attached hydrogen (secondary N) is 3. The number of carbonyl (C=O) groups excluding carboxylic acids is 5. The highest BCUT2D eigenvalue weighted by Gasteiger charge is 2.31. The number of nitrogens with zero attached hydrogens (tertiary/aromatic N) is 1. The zero-order valence-corrected chi connectivity index (χ0v) is 21.5. The number of aryl methyl sites for hydroxylation is 1. The van der Waals surface area contributed by atoms with Gasteiger partial charge < -0.3 is 25.2 Å². The minimum absolute atomic E-state index is 0.0731. The smallest absolute Gasteiger partial charge is 0.330 e. The molecule has 36 heavy (non-hydrogen) atoms. The number of aromatic nitrogens is 1. The average Bonchev–Trinajstić information content (AvgIpc) is 3.43. The average molecular weight is 505 g/mol. The number of hydrogen-bond acceptors (Lipinski definition) is 8. The van der Waals surface area contributed by atoms with Gasteiger partial charge in [0, 0.05) is 43.0 Å². The maximum atomic E-state index is 13.0. The van der Waals surface area contributed by atoms with Crippen LogP contribution in [0.1, 0.15) is 63.2 Å². The number of rotatable bonds is 13. The summed E-state index contributed by atoms with van der Waals surface area (Å²) in [7, 11) is 0. The lowest BCUT2D eigenvalue weighted by molar-refractivity contribution is -0.137. The summed E-state index contributed by atoms with van der Waals surface area (Å²) in [6.07, 6.45) is 3.58. The zero-order valence-electron chi connectivity index (χ0n) is 21.5. The number of ether oxygens (including phenoxy) is 1. The molecule has 1 aromatic heterocycles. The second-order valence-corrected chi connectivity index (χ2v) is 9.33. The van der Waals surface area contributed by atoms with Crippen LogP contribution in [-0.2, 0) is 23.9 Å². The first-order valence-electron chi connectivity index (χ1n) is 12.2. The summed E-state index contributed by atoms with van der Waals surface area (Å²) < 4.78 is 9.81. The second kappa shape index (κ2) is 13.6. The van der Waals surface area contributed by atoms with Crippen molar-refractivity contribution >= 4 is 29.5 Å². The van der Waals surface area contributed by atoms with E-state index in [1.807, 2.05) is 0 Å². The normalized spacial score (nSPS) is 17.9. The van der Waals surface area contributed by atoms with Crippen molar-refractivity contribution in [3.63, 3.8) is 0 Å². The van der Waals surface area contributed by atoms with Gasteiger partial charge in [-0.2, -0.15) is 0 Å². The van der Waals surface area contributed by atoms with Crippen LogP contribution in [-0.4, -0.2) is 59.9 Å². The van der Waals surface area contributed by atoms with Crippen molar-refractivity contribution in [2.24, 2.45) is 17.8 Å². The van der Waals surface area contributed by atoms with E-state index >= 15 is 0 Å². The molecule has 0 radical (unpaired) electrons. The van der Waals surface area contributed by atoms with Crippen LogP contribution in [0.15, 0.2) is 22.7 Å². The SMILES string of the molecule is CCOC(=O)/C=C/[C@H](C[C@@H]1CCNC1=O)NC(=O)[C@H](C)CC(=O)[C@@H](NC(=O)c1cc(C)on1)C(C)C. The van der Waals surface area contributed by atoms with E-state index in [2.05, 4.69) is 21.1 Å². The first kappa shape index (κ1) is 28.7. The molecule has 1 aromatic rings. The lowest BCUT2D eigenvalue weighted by Gasteiger charge is -2.23. The molecule has 2 rings (SSSR count). The van der Waals surface area contributed by atoms with Crippen molar-refractivity contribution in [1.29, 1.82) is 0 Å². The lowest BCUT2D eigenvalue weighted by Crippen LogP contribution is -2.46. The van der Waals surface area contributed by atoms with Crippen LogP contribution in [0.5, 0.6) is 0 Å². The molecule has 4 atom stereocenters. The minimum Gasteiger partial charge on any atom is -0.463 e. The van der Waals surface area contributed by atoms with E-state index in [0.29, 0.717) is 25.1 Å². The first-order chi connectivity index (χ1) is 17.0. The van der Waals surface area contributed by atoms with Crippen molar-refractivity contribution < 1.29 is 33.2 Å². The minimum atomic E-state index is -0.813. The summed E-state index contributed by atoms with van der Waals surface area (Å²) >= 11 is 0. The van der Waals surface area contributed by atoms with Gasteiger partial charge in [-0.25, -0.2) is 4.79 Å². The first-order valence-corrected chi connectivity index (χ1v) is 12.2. The van der Waals surface area contributed by atoms with E-state index in [1.54, 1.807) is 34.6 Å². The lowest BCUT2D eigenvalue weighted by atomic mass is 9.92. The molecular weight excluding hydrogens is 468 g/mol.